The Morgan fingerprint density at radius 2 is 2.19 bits per heavy atom. The number of rotatable bonds is 4. The van der Waals surface area contributed by atoms with Crippen molar-refractivity contribution in [2.24, 2.45) is 0 Å². The SMILES string of the molecule is CC(C)(C)n1cc(-c2cc(OC[C@@H]3CNCCO3)c3cccnc3c2)cn1. The standard InChI is InChI=1S/C21H26N4O2/c1-21(2,3)25-13-16(11-24-25)15-9-19-18(5-4-6-23-19)20(10-15)27-14-17-12-22-7-8-26-17/h4-6,9-11,13,17,22H,7-8,12,14H2,1-3H3/t17-/m0/s1. The molecular formula is C21H26N4O2. The summed E-state index contributed by atoms with van der Waals surface area (Å²) in [6, 6.07) is 8.14. The molecule has 3 heterocycles. The van der Waals surface area contributed by atoms with Crippen molar-refractivity contribution >= 4 is 10.9 Å². The number of nitrogens with one attached hydrogen (secondary N) is 1. The zero-order chi connectivity index (χ0) is 18.9. The van der Waals surface area contributed by atoms with Gasteiger partial charge in [0.05, 0.1) is 23.9 Å². The van der Waals surface area contributed by atoms with Gasteiger partial charge in [-0.3, -0.25) is 9.67 Å². The van der Waals surface area contributed by atoms with Crippen molar-refractivity contribution in [3.8, 4) is 16.9 Å². The van der Waals surface area contributed by atoms with Gasteiger partial charge in [0.25, 0.3) is 0 Å². The molecule has 6 heteroatoms. The highest BCUT2D eigenvalue weighted by Crippen LogP contribution is 2.32. The first-order chi connectivity index (χ1) is 13.0. The smallest absolute Gasteiger partial charge is 0.129 e. The predicted octanol–water partition coefficient (Wildman–Crippen LogP) is 3.22. The van der Waals surface area contributed by atoms with Crippen LogP contribution in [0.3, 0.4) is 0 Å². The fraction of sp³-hybridized carbons (Fsp3) is 0.429. The van der Waals surface area contributed by atoms with Crippen molar-refractivity contribution < 1.29 is 9.47 Å². The average Bonchev–Trinajstić information content (AvgIpc) is 3.17. The molecular weight excluding hydrogens is 340 g/mol. The van der Waals surface area contributed by atoms with Crippen LogP contribution in [0.25, 0.3) is 22.0 Å². The number of ether oxygens (including phenoxy) is 2. The third kappa shape index (κ3) is 3.96. The maximum Gasteiger partial charge on any atom is 0.129 e. The van der Waals surface area contributed by atoms with Crippen molar-refractivity contribution in [2.45, 2.75) is 32.4 Å². The zero-order valence-corrected chi connectivity index (χ0v) is 16.1. The summed E-state index contributed by atoms with van der Waals surface area (Å²) in [5.41, 5.74) is 2.96. The van der Waals surface area contributed by atoms with Gasteiger partial charge in [0.15, 0.2) is 0 Å². The number of nitrogens with zero attached hydrogens (tertiary/aromatic N) is 3. The average molecular weight is 366 g/mol. The lowest BCUT2D eigenvalue weighted by Crippen LogP contribution is -2.41. The molecule has 0 spiro atoms. The molecule has 0 amide bonds. The molecule has 4 rings (SSSR count). The van der Waals surface area contributed by atoms with Gasteiger partial charge in [-0.25, -0.2) is 0 Å². The molecule has 1 aromatic carbocycles. The normalized spacial score (nSPS) is 18.0. The zero-order valence-electron chi connectivity index (χ0n) is 16.1. The van der Waals surface area contributed by atoms with Crippen LogP contribution >= 0.6 is 0 Å². The fourth-order valence-corrected chi connectivity index (χ4v) is 3.18. The minimum Gasteiger partial charge on any atom is -0.490 e. The molecule has 142 valence electrons. The molecule has 0 radical (unpaired) electrons. The Balaban J connectivity index is 1.66. The van der Waals surface area contributed by atoms with Crippen LogP contribution in [0.15, 0.2) is 42.9 Å². The predicted molar refractivity (Wildman–Crippen MR) is 106 cm³/mol. The Hall–Kier alpha value is -2.44. The molecule has 0 saturated carbocycles. The highest BCUT2D eigenvalue weighted by molar-refractivity contribution is 5.89. The molecule has 0 bridgehead atoms. The van der Waals surface area contributed by atoms with Gasteiger partial charge in [0, 0.05) is 36.4 Å². The second-order valence-corrected chi connectivity index (χ2v) is 7.90. The molecule has 2 aromatic heterocycles. The second kappa shape index (κ2) is 7.29. The molecule has 27 heavy (non-hydrogen) atoms. The first-order valence-electron chi connectivity index (χ1n) is 9.40. The summed E-state index contributed by atoms with van der Waals surface area (Å²) in [7, 11) is 0. The number of benzene rings is 1. The highest BCUT2D eigenvalue weighted by atomic mass is 16.5. The van der Waals surface area contributed by atoms with Crippen molar-refractivity contribution in [3.05, 3.63) is 42.9 Å². The largest absolute Gasteiger partial charge is 0.490 e. The molecule has 1 aliphatic rings. The van der Waals surface area contributed by atoms with E-state index in [4.69, 9.17) is 9.47 Å². The molecule has 1 atom stereocenters. The lowest BCUT2D eigenvalue weighted by Gasteiger charge is -2.24. The van der Waals surface area contributed by atoms with Crippen molar-refractivity contribution in [1.29, 1.82) is 0 Å². The van der Waals surface area contributed by atoms with Crippen LogP contribution in [0, 0.1) is 0 Å². The minimum absolute atomic E-state index is 0.0575. The van der Waals surface area contributed by atoms with Crippen LogP contribution in [-0.4, -0.2) is 47.2 Å². The van der Waals surface area contributed by atoms with E-state index in [0.717, 1.165) is 47.5 Å². The van der Waals surface area contributed by atoms with E-state index in [0.29, 0.717) is 6.61 Å². The Kier molecular flexibility index (Phi) is 4.85. The monoisotopic (exact) mass is 366 g/mol. The Morgan fingerprint density at radius 1 is 1.30 bits per heavy atom. The van der Waals surface area contributed by atoms with E-state index in [-0.39, 0.29) is 11.6 Å². The third-order valence-electron chi connectivity index (χ3n) is 4.72. The van der Waals surface area contributed by atoms with E-state index in [1.165, 1.54) is 0 Å². The van der Waals surface area contributed by atoms with Crippen LogP contribution in [0.5, 0.6) is 5.75 Å². The Labute approximate surface area is 159 Å². The summed E-state index contributed by atoms with van der Waals surface area (Å²) >= 11 is 0. The lowest BCUT2D eigenvalue weighted by atomic mass is 10.1. The Bertz CT molecular complexity index is 923. The number of pyridine rings is 1. The maximum absolute atomic E-state index is 6.16. The maximum atomic E-state index is 6.16. The van der Waals surface area contributed by atoms with Gasteiger partial charge in [-0.1, -0.05) is 0 Å². The van der Waals surface area contributed by atoms with E-state index < -0.39 is 0 Å². The number of fused-ring (bicyclic) bond motifs is 1. The topological polar surface area (TPSA) is 61.2 Å². The van der Waals surface area contributed by atoms with E-state index >= 15 is 0 Å². The summed E-state index contributed by atoms with van der Waals surface area (Å²) in [5, 5.41) is 8.86. The number of aromatic nitrogens is 3. The minimum atomic E-state index is -0.0575. The third-order valence-corrected chi connectivity index (χ3v) is 4.72. The summed E-state index contributed by atoms with van der Waals surface area (Å²) < 4.78 is 13.9. The molecule has 1 aliphatic heterocycles. The lowest BCUT2D eigenvalue weighted by molar-refractivity contribution is 0.000518. The van der Waals surface area contributed by atoms with Crippen LogP contribution in [0.2, 0.25) is 0 Å². The fourth-order valence-electron chi connectivity index (χ4n) is 3.18. The van der Waals surface area contributed by atoms with Crippen LogP contribution in [0.1, 0.15) is 20.8 Å². The van der Waals surface area contributed by atoms with Gasteiger partial charge in [-0.2, -0.15) is 5.10 Å². The molecule has 0 aliphatic carbocycles. The summed E-state index contributed by atoms with van der Waals surface area (Å²) in [6.45, 7) is 9.37. The van der Waals surface area contributed by atoms with Gasteiger partial charge in [0.2, 0.25) is 0 Å². The number of hydrogen-bond donors (Lipinski definition) is 1. The van der Waals surface area contributed by atoms with Gasteiger partial charge < -0.3 is 14.8 Å². The highest BCUT2D eigenvalue weighted by Gasteiger charge is 2.17. The molecule has 3 aromatic rings. The van der Waals surface area contributed by atoms with Crippen LogP contribution in [0.4, 0.5) is 0 Å². The van der Waals surface area contributed by atoms with Crippen LogP contribution in [-0.2, 0) is 10.3 Å². The Morgan fingerprint density at radius 3 is 2.93 bits per heavy atom. The van der Waals surface area contributed by atoms with Gasteiger partial charge >= 0.3 is 0 Å². The number of hydrogen-bond acceptors (Lipinski definition) is 5. The molecule has 6 nitrogen and oxygen atoms in total. The first kappa shape index (κ1) is 17.9. The van der Waals surface area contributed by atoms with Gasteiger partial charge in [0.1, 0.15) is 18.5 Å². The quantitative estimate of drug-likeness (QED) is 0.768. The second-order valence-electron chi connectivity index (χ2n) is 7.90. The summed E-state index contributed by atoms with van der Waals surface area (Å²) in [4.78, 5) is 4.53. The van der Waals surface area contributed by atoms with E-state index in [1.54, 1.807) is 0 Å². The van der Waals surface area contributed by atoms with E-state index in [1.807, 2.05) is 29.2 Å². The van der Waals surface area contributed by atoms with E-state index in [2.05, 4.69) is 54.5 Å². The molecule has 1 saturated heterocycles. The molecule has 1 N–H and O–H groups in total. The van der Waals surface area contributed by atoms with Crippen molar-refractivity contribution in [1.82, 2.24) is 20.1 Å². The summed E-state index contributed by atoms with van der Waals surface area (Å²) in [6.07, 6.45) is 5.84. The first-order valence-corrected chi connectivity index (χ1v) is 9.40. The van der Waals surface area contributed by atoms with Crippen molar-refractivity contribution in [2.75, 3.05) is 26.3 Å². The van der Waals surface area contributed by atoms with Crippen LogP contribution < -0.4 is 10.1 Å². The van der Waals surface area contributed by atoms with Crippen molar-refractivity contribution in [3.63, 3.8) is 0 Å². The molecule has 0 unspecified atom stereocenters. The van der Waals surface area contributed by atoms with E-state index in [9.17, 15) is 0 Å². The summed E-state index contributed by atoms with van der Waals surface area (Å²) in [5.74, 6) is 0.827. The van der Waals surface area contributed by atoms with Gasteiger partial charge in [-0.05, 0) is 50.6 Å². The molecule has 1 fully saturated rings. The van der Waals surface area contributed by atoms with Gasteiger partial charge in [-0.15, -0.1) is 0 Å². The number of morpholine rings is 1.